The minimum atomic E-state index is -0.739. The fourth-order valence-electron chi connectivity index (χ4n) is 5.46. The second-order valence-corrected chi connectivity index (χ2v) is 9.19. The third kappa shape index (κ3) is 3.12. The van der Waals surface area contributed by atoms with Gasteiger partial charge in [-0.1, -0.05) is 42.5 Å². The number of aromatic nitrogens is 1. The number of aliphatic carboxylic acids is 1. The average molecular weight is 450 g/mol. The lowest BCUT2D eigenvalue weighted by molar-refractivity contribution is -0.148. The number of carboxylic acids is 1. The van der Waals surface area contributed by atoms with E-state index < -0.39 is 5.97 Å². The molecule has 0 spiro atoms. The van der Waals surface area contributed by atoms with Crippen LogP contribution in [-0.4, -0.2) is 34.0 Å². The topological polar surface area (TPSA) is 90.4 Å². The Hall–Kier alpha value is -3.95. The average Bonchev–Trinajstić information content (AvgIpc) is 3.41. The second-order valence-electron chi connectivity index (χ2n) is 9.19. The van der Waals surface area contributed by atoms with E-state index in [2.05, 4.69) is 36.1 Å². The van der Waals surface area contributed by atoms with E-state index in [-0.39, 0.29) is 12.0 Å². The molecule has 0 unspecified atom stereocenters. The van der Waals surface area contributed by atoms with Crippen molar-refractivity contribution in [3.05, 3.63) is 76.9 Å². The zero-order valence-electron chi connectivity index (χ0n) is 18.8. The van der Waals surface area contributed by atoms with Crippen LogP contribution in [-0.2, 0) is 11.2 Å². The molecule has 4 aromatic rings. The number of fused-ring (bicyclic) bond motifs is 2. The van der Waals surface area contributed by atoms with Gasteiger partial charge < -0.3 is 9.52 Å². The number of likely N-dealkylation sites (tertiary alicyclic amines) is 1. The highest BCUT2D eigenvalue weighted by Gasteiger charge is 2.40. The third-order valence-electron chi connectivity index (χ3n) is 7.31. The van der Waals surface area contributed by atoms with Gasteiger partial charge in [0.1, 0.15) is 17.1 Å². The van der Waals surface area contributed by atoms with E-state index in [9.17, 15) is 15.2 Å². The summed E-state index contributed by atoms with van der Waals surface area (Å²) in [5.41, 5.74) is 8.10. The Morgan fingerprint density at radius 2 is 1.91 bits per heavy atom. The molecule has 1 aliphatic heterocycles. The summed E-state index contributed by atoms with van der Waals surface area (Å²) in [7, 11) is 0. The molecule has 34 heavy (non-hydrogen) atoms. The number of carboxylic acid groups (broad SMARTS) is 1. The summed E-state index contributed by atoms with van der Waals surface area (Å²) in [6.45, 7) is 3.17. The Morgan fingerprint density at radius 1 is 1.15 bits per heavy atom. The Balaban J connectivity index is 1.42. The summed E-state index contributed by atoms with van der Waals surface area (Å²) in [5.74, 6) is -0.532. The van der Waals surface area contributed by atoms with E-state index in [4.69, 9.17) is 9.40 Å². The Morgan fingerprint density at radius 3 is 2.65 bits per heavy atom. The molecule has 3 aromatic carbocycles. The Labute approximate surface area is 197 Å². The summed E-state index contributed by atoms with van der Waals surface area (Å²) in [6.07, 6.45) is 1.67. The lowest BCUT2D eigenvalue weighted by Crippen LogP contribution is -2.51. The lowest BCUT2D eigenvalue weighted by atomic mass is 9.94. The van der Waals surface area contributed by atoms with Gasteiger partial charge in [0.15, 0.2) is 5.58 Å². The number of oxazole rings is 1. The predicted molar refractivity (Wildman–Crippen MR) is 128 cm³/mol. The molecular formula is C28H23N3O3. The van der Waals surface area contributed by atoms with E-state index in [1.165, 1.54) is 0 Å². The van der Waals surface area contributed by atoms with Crippen molar-refractivity contribution in [1.29, 1.82) is 5.26 Å². The molecule has 0 saturated carbocycles. The number of benzene rings is 3. The number of hydrogen-bond acceptors (Lipinski definition) is 5. The van der Waals surface area contributed by atoms with Crippen LogP contribution in [0.3, 0.4) is 0 Å². The fraction of sp³-hybridized carbons (Fsp3) is 0.250. The monoisotopic (exact) mass is 449 g/mol. The van der Waals surface area contributed by atoms with Crippen molar-refractivity contribution in [2.45, 2.75) is 25.8 Å². The minimum Gasteiger partial charge on any atom is -0.481 e. The Kier molecular flexibility index (Phi) is 4.75. The fourth-order valence-corrected chi connectivity index (χ4v) is 5.46. The van der Waals surface area contributed by atoms with Gasteiger partial charge in [-0.05, 0) is 59.7 Å². The SMILES string of the molecule is Cc1c(-c2ccccc2)cccc1-c1nc2cc3c(c(C#N)c2o1)CC[C@@H]3N1CC(C(=O)O)C1. The molecule has 0 bridgehead atoms. The molecule has 1 aliphatic carbocycles. The van der Waals surface area contributed by atoms with Gasteiger partial charge in [-0.2, -0.15) is 5.26 Å². The van der Waals surface area contributed by atoms with Gasteiger partial charge in [0.25, 0.3) is 0 Å². The highest BCUT2D eigenvalue weighted by Crippen LogP contribution is 2.44. The molecule has 6 nitrogen and oxygen atoms in total. The van der Waals surface area contributed by atoms with Crippen molar-refractivity contribution in [2.75, 3.05) is 13.1 Å². The van der Waals surface area contributed by atoms with Crippen molar-refractivity contribution in [2.24, 2.45) is 5.92 Å². The minimum absolute atomic E-state index is 0.130. The maximum absolute atomic E-state index is 11.3. The van der Waals surface area contributed by atoms with Crippen LogP contribution >= 0.6 is 0 Å². The molecule has 168 valence electrons. The van der Waals surface area contributed by atoms with Gasteiger partial charge in [-0.3, -0.25) is 9.69 Å². The molecular weight excluding hydrogens is 426 g/mol. The van der Waals surface area contributed by atoms with Crippen molar-refractivity contribution >= 4 is 17.1 Å². The van der Waals surface area contributed by atoms with E-state index in [1.54, 1.807) is 0 Å². The van der Waals surface area contributed by atoms with Crippen LogP contribution in [0.4, 0.5) is 0 Å². The molecule has 2 heterocycles. The molecule has 1 fully saturated rings. The maximum atomic E-state index is 11.3. The molecule has 0 radical (unpaired) electrons. The summed E-state index contributed by atoms with van der Waals surface area (Å²) < 4.78 is 6.23. The number of nitriles is 1. The molecule has 1 atom stereocenters. The highest BCUT2D eigenvalue weighted by molar-refractivity contribution is 5.86. The van der Waals surface area contributed by atoms with Crippen molar-refractivity contribution in [3.63, 3.8) is 0 Å². The zero-order chi connectivity index (χ0) is 23.4. The number of hydrogen-bond donors (Lipinski definition) is 1. The largest absolute Gasteiger partial charge is 0.481 e. The van der Waals surface area contributed by atoms with Crippen LogP contribution in [0, 0.1) is 24.2 Å². The first kappa shape index (κ1) is 20.6. The summed E-state index contributed by atoms with van der Waals surface area (Å²) >= 11 is 0. The van der Waals surface area contributed by atoms with Crippen LogP contribution < -0.4 is 0 Å². The molecule has 1 aromatic heterocycles. The summed E-state index contributed by atoms with van der Waals surface area (Å²) in [5, 5.41) is 19.3. The molecule has 6 rings (SSSR count). The van der Waals surface area contributed by atoms with Gasteiger partial charge in [0.2, 0.25) is 5.89 Å². The van der Waals surface area contributed by atoms with Crippen LogP contribution in [0.1, 0.15) is 34.7 Å². The van der Waals surface area contributed by atoms with Gasteiger partial charge >= 0.3 is 5.97 Å². The molecule has 1 N–H and O–H groups in total. The first-order chi connectivity index (χ1) is 16.5. The van der Waals surface area contributed by atoms with Crippen molar-refractivity contribution < 1.29 is 14.3 Å². The van der Waals surface area contributed by atoms with E-state index in [0.717, 1.165) is 46.2 Å². The van der Waals surface area contributed by atoms with Gasteiger partial charge in [0, 0.05) is 24.7 Å². The molecule has 6 heteroatoms. The maximum Gasteiger partial charge on any atom is 0.309 e. The number of nitrogens with zero attached hydrogens (tertiary/aromatic N) is 3. The predicted octanol–water partition coefficient (Wildman–Crippen LogP) is 5.35. The molecule has 2 aliphatic rings. The highest BCUT2D eigenvalue weighted by atomic mass is 16.4. The van der Waals surface area contributed by atoms with E-state index >= 15 is 0 Å². The standard InChI is InChI=1S/C28H23N3O3/c1-16-19(17-6-3-2-4-7-17)8-5-9-20(16)27-30-24-12-22-21(23(13-29)26(24)34-27)10-11-25(22)31-14-18(15-31)28(32)33/h2-9,12,18,25H,10-11,14-15H2,1H3,(H,32,33)/t25-/m0/s1. The normalized spacial score (nSPS) is 17.9. The van der Waals surface area contributed by atoms with Crippen molar-refractivity contribution in [1.82, 2.24) is 9.88 Å². The van der Waals surface area contributed by atoms with Gasteiger partial charge in [-0.25, -0.2) is 4.98 Å². The Bertz CT molecular complexity index is 1480. The quantitative estimate of drug-likeness (QED) is 0.452. The lowest BCUT2D eigenvalue weighted by Gasteiger charge is -2.41. The smallest absolute Gasteiger partial charge is 0.309 e. The van der Waals surface area contributed by atoms with E-state index in [1.807, 2.05) is 36.4 Å². The first-order valence-electron chi connectivity index (χ1n) is 11.5. The van der Waals surface area contributed by atoms with Crippen molar-refractivity contribution in [3.8, 4) is 28.7 Å². The molecule has 0 amide bonds. The number of carbonyl (C=O) groups is 1. The molecule has 1 saturated heterocycles. The van der Waals surface area contributed by atoms with Crippen LogP contribution in [0.15, 0.2) is 59.0 Å². The zero-order valence-corrected chi connectivity index (χ0v) is 18.8. The number of rotatable bonds is 4. The van der Waals surface area contributed by atoms with E-state index in [0.29, 0.717) is 35.6 Å². The summed E-state index contributed by atoms with van der Waals surface area (Å²) in [4.78, 5) is 18.3. The van der Waals surface area contributed by atoms with Crippen LogP contribution in [0.5, 0.6) is 0 Å². The van der Waals surface area contributed by atoms with Crippen LogP contribution in [0.25, 0.3) is 33.7 Å². The summed E-state index contributed by atoms with van der Waals surface area (Å²) in [6, 6.07) is 20.8. The van der Waals surface area contributed by atoms with Gasteiger partial charge in [0.05, 0.1) is 5.92 Å². The van der Waals surface area contributed by atoms with Crippen LogP contribution in [0.2, 0.25) is 0 Å². The first-order valence-corrected chi connectivity index (χ1v) is 11.5. The second kappa shape index (κ2) is 7.82. The van der Waals surface area contributed by atoms with Gasteiger partial charge in [-0.15, -0.1) is 0 Å². The third-order valence-corrected chi connectivity index (χ3v) is 7.31.